The van der Waals surface area contributed by atoms with E-state index in [-0.39, 0.29) is 29.5 Å². The minimum absolute atomic E-state index is 0. The number of nitrogens with zero attached hydrogens (tertiary/aromatic N) is 3. The molecule has 2 heterocycles. The first-order valence-electron chi connectivity index (χ1n) is 8.48. The molecule has 0 bridgehead atoms. The average molecular weight is 465 g/mol. The lowest BCUT2D eigenvalue weighted by Crippen LogP contribution is -2.49. The van der Waals surface area contributed by atoms with E-state index in [1.807, 2.05) is 7.05 Å². The van der Waals surface area contributed by atoms with Gasteiger partial charge in [-0.25, -0.2) is 4.98 Å². The standard InChI is InChI=1S/C17H31N5S.HI/c1-13-20-15(12-23-13)11-22-8-6-14(7-9-22)10-19-16(18-5)21-17(2,3)4;/h12,14H,6-11H2,1-5H3,(H2,18,19,21);1H. The number of hydrogen-bond acceptors (Lipinski definition) is 4. The first-order chi connectivity index (χ1) is 10.9. The van der Waals surface area contributed by atoms with Gasteiger partial charge in [-0.3, -0.25) is 9.89 Å². The van der Waals surface area contributed by atoms with Gasteiger partial charge in [-0.05, 0) is 59.5 Å². The van der Waals surface area contributed by atoms with Crippen molar-refractivity contribution in [3.63, 3.8) is 0 Å². The number of likely N-dealkylation sites (tertiary alicyclic amines) is 1. The summed E-state index contributed by atoms with van der Waals surface area (Å²) in [7, 11) is 1.83. The Labute approximate surface area is 167 Å². The van der Waals surface area contributed by atoms with E-state index in [1.165, 1.54) is 18.5 Å². The number of nitrogens with one attached hydrogen (secondary N) is 2. The van der Waals surface area contributed by atoms with Crippen molar-refractivity contribution in [1.82, 2.24) is 20.5 Å². The molecule has 7 heteroatoms. The highest BCUT2D eigenvalue weighted by molar-refractivity contribution is 14.0. The molecule has 1 aromatic heterocycles. The van der Waals surface area contributed by atoms with E-state index in [0.717, 1.165) is 43.1 Å². The number of piperidine rings is 1. The fourth-order valence-corrected chi connectivity index (χ4v) is 3.44. The van der Waals surface area contributed by atoms with Gasteiger partial charge in [-0.2, -0.15) is 0 Å². The summed E-state index contributed by atoms with van der Waals surface area (Å²) in [6, 6.07) is 0. The summed E-state index contributed by atoms with van der Waals surface area (Å²) in [5, 5.41) is 10.2. The second-order valence-corrected chi connectivity index (χ2v) is 8.47. The summed E-state index contributed by atoms with van der Waals surface area (Å²) in [6.07, 6.45) is 2.48. The van der Waals surface area contributed by atoms with Crippen LogP contribution in [0.25, 0.3) is 0 Å². The smallest absolute Gasteiger partial charge is 0.191 e. The van der Waals surface area contributed by atoms with Crippen LogP contribution in [0.15, 0.2) is 10.4 Å². The molecule has 24 heavy (non-hydrogen) atoms. The first-order valence-corrected chi connectivity index (χ1v) is 9.36. The fraction of sp³-hybridized carbons (Fsp3) is 0.765. The predicted octanol–water partition coefficient (Wildman–Crippen LogP) is 3.25. The van der Waals surface area contributed by atoms with Gasteiger partial charge >= 0.3 is 0 Å². The topological polar surface area (TPSA) is 52.6 Å². The van der Waals surface area contributed by atoms with Gasteiger partial charge in [0, 0.05) is 31.1 Å². The Balaban J connectivity index is 0.00000288. The minimum Gasteiger partial charge on any atom is -0.356 e. The van der Waals surface area contributed by atoms with Crippen LogP contribution in [-0.4, -0.2) is 48.1 Å². The number of rotatable bonds is 4. The van der Waals surface area contributed by atoms with Gasteiger partial charge in [-0.1, -0.05) is 0 Å². The van der Waals surface area contributed by atoms with Crippen LogP contribution < -0.4 is 10.6 Å². The van der Waals surface area contributed by atoms with Gasteiger partial charge in [0.1, 0.15) is 0 Å². The maximum atomic E-state index is 4.57. The average Bonchev–Trinajstić information content (AvgIpc) is 2.89. The van der Waals surface area contributed by atoms with Crippen LogP contribution in [0.1, 0.15) is 44.3 Å². The van der Waals surface area contributed by atoms with Gasteiger partial charge in [0.25, 0.3) is 0 Å². The number of thiazole rings is 1. The van der Waals surface area contributed by atoms with Crippen LogP contribution in [0.5, 0.6) is 0 Å². The van der Waals surface area contributed by atoms with Crippen LogP contribution in [0.4, 0.5) is 0 Å². The van der Waals surface area contributed by atoms with Crippen molar-refractivity contribution >= 4 is 41.3 Å². The molecule has 0 radical (unpaired) electrons. The number of halogens is 1. The fourth-order valence-electron chi connectivity index (χ4n) is 2.83. The molecule has 0 saturated carbocycles. The third kappa shape index (κ3) is 7.65. The van der Waals surface area contributed by atoms with Crippen molar-refractivity contribution in [2.45, 2.75) is 52.6 Å². The molecule has 0 spiro atoms. The Kier molecular flexibility index (Phi) is 8.94. The van der Waals surface area contributed by atoms with Gasteiger partial charge in [0.2, 0.25) is 0 Å². The zero-order valence-electron chi connectivity index (χ0n) is 15.6. The van der Waals surface area contributed by atoms with Crippen molar-refractivity contribution in [3.8, 4) is 0 Å². The maximum Gasteiger partial charge on any atom is 0.191 e. The summed E-state index contributed by atoms with van der Waals surface area (Å²) in [6.45, 7) is 12.8. The summed E-state index contributed by atoms with van der Waals surface area (Å²) in [4.78, 5) is 11.4. The normalized spacial score (nSPS) is 17.5. The quantitative estimate of drug-likeness (QED) is 0.407. The van der Waals surface area contributed by atoms with Crippen LogP contribution in [0, 0.1) is 12.8 Å². The van der Waals surface area contributed by atoms with Gasteiger partial charge in [0.15, 0.2) is 5.96 Å². The molecule has 2 rings (SSSR count). The molecule has 1 aromatic rings. The number of aromatic nitrogens is 1. The summed E-state index contributed by atoms with van der Waals surface area (Å²) < 4.78 is 0. The molecule has 138 valence electrons. The Hall–Kier alpha value is -0.410. The van der Waals surface area contributed by atoms with Crippen LogP contribution >= 0.6 is 35.3 Å². The number of hydrogen-bond donors (Lipinski definition) is 2. The van der Waals surface area contributed by atoms with Crippen LogP contribution in [-0.2, 0) is 6.54 Å². The lowest BCUT2D eigenvalue weighted by Gasteiger charge is -2.32. The zero-order valence-corrected chi connectivity index (χ0v) is 18.7. The van der Waals surface area contributed by atoms with Gasteiger partial charge in [-0.15, -0.1) is 35.3 Å². The van der Waals surface area contributed by atoms with E-state index in [4.69, 9.17) is 0 Å². The second kappa shape index (κ2) is 9.91. The van der Waals surface area contributed by atoms with Crippen LogP contribution in [0.2, 0.25) is 0 Å². The highest BCUT2D eigenvalue weighted by Crippen LogP contribution is 2.19. The molecular formula is C17H32IN5S. The van der Waals surface area contributed by atoms with Crippen LogP contribution in [0.3, 0.4) is 0 Å². The lowest BCUT2D eigenvalue weighted by molar-refractivity contribution is 0.176. The highest BCUT2D eigenvalue weighted by atomic mass is 127. The molecule has 0 aromatic carbocycles. The molecule has 0 unspecified atom stereocenters. The van der Waals surface area contributed by atoms with E-state index in [0.29, 0.717) is 0 Å². The van der Waals surface area contributed by atoms with Crippen molar-refractivity contribution in [2.75, 3.05) is 26.7 Å². The molecule has 5 nitrogen and oxygen atoms in total. The van der Waals surface area contributed by atoms with E-state index in [2.05, 4.69) is 58.6 Å². The monoisotopic (exact) mass is 465 g/mol. The highest BCUT2D eigenvalue weighted by Gasteiger charge is 2.20. The maximum absolute atomic E-state index is 4.57. The summed E-state index contributed by atoms with van der Waals surface area (Å²) in [5.74, 6) is 1.62. The van der Waals surface area contributed by atoms with E-state index >= 15 is 0 Å². The lowest BCUT2D eigenvalue weighted by atomic mass is 9.97. The molecule has 0 aliphatic carbocycles. The zero-order chi connectivity index (χ0) is 16.9. The third-order valence-corrected chi connectivity index (χ3v) is 4.86. The SMILES string of the molecule is CN=C(NCC1CCN(Cc2csc(C)n2)CC1)NC(C)(C)C.I. The van der Waals surface area contributed by atoms with Crippen molar-refractivity contribution in [3.05, 3.63) is 16.1 Å². The van der Waals surface area contributed by atoms with E-state index < -0.39 is 0 Å². The number of guanidine groups is 1. The number of aliphatic imine (C=N–C) groups is 1. The molecular weight excluding hydrogens is 433 g/mol. The molecule has 1 fully saturated rings. The largest absolute Gasteiger partial charge is 0.356 e. The molecule has 1 saturated heterocycles. The molecule has 0 amide bonds. The Morgan fingerprint density at radius 1 is 1.38 bits per heavy atom. The first kappa shape index (κ1) is 21.6. The van der Waals surface area contributed by atoms with Crippen molar-refractivity contribution in [2.24, 2.45) is 10.9 Å². The molecule has 1 aliphatic rings. The third-order valence-electron chi connectivity index (χ3n) is 4.03. The second-order valence-electron chi connectivity index (χ2n) is 7.41. The number of aryl methyl sites for hydroxylation is 1. The van der Waals surface area contributed by atoms with E-state index in [9.17, 15) is 0 Å². The predicted molar refractivity (Wildman–Crippen MR) is 115 cm³/mol. The molecule has 0 atom stereocenters. The Morgan fingerprint density at radius 2 is 2.04 bits per heavy atom. The summed E-state index contributed by atoms with van der Waals surface area (Å²) in [5.41, 5.74) is 1.26. The van der Waals surface area contributed by atoms with Crippen molar-refractivity contribution < 1.29 is 0 Å². The van der Waals surface area contributed by atoms with Gasteiger partial charge in [0.05, 0.1) is 10.7 Å². The summed E-state index contributed by atoms with van der Waals surface area (Å²) >= 11 is 1.74. The van der Waals surface area contributed by atoms with Gasteiger partial charge < -0.3 is 10.6 Å². The Morgan fingerprint density at radius 3 is 2.54 bits per heavy atom. The minimum atomic E-state index is 0. The molecule has 1 aliphatic heterocycles. The van der Waals surface area contributed by atoms with E-state index in [1.54, 1.807) is 11.3 Å². The Bertz CT molecular complexity index is 515. The van der Waals surface area contributed by atoms with Crippen molar-refractivity contribution in [1.29, 1.82) is 0 Å². The molecule has 2 N–H and O–H groups in total.